The summed E-state index contributed by atoms with van der Waals surface area (Å²) in [6, 6.07) is 1.50. The molecule has 4 bridgehead atoms. The van der Waals surface area contributed by atoms with Gasteiger partial charge in [0.1, 0.15) is 47.3 Å². The van der Waals surface area contributed by atoms with Gasteiger partial charge in [-0.15, -0.1) is 0 Å². The van der Waals surface area contributed by atoms with E-state index in [0.29, 0.717) is 0 Å². The highest BCUT2D eigenvalue weighted by Crippen LogP contribution is 2.95. The lowest BCUT2D eigenvalue weighted by Crippen LogP contribution is -2.97. The van der Waals surface area contributed by atoms with Gasteiger partial charge in [-0.1, -0.05) is 27.7 Å². The van der Waals surface area contributed by atoms with Gasteiger partial charge in [-0.2, -0.15) is 0 Å². The zero-order valence-corrected chi connectivity index (χ0v) is 31.3. The van der Waals surface area contributed by atoms with E-state index in [0.717, 1.165) is 27.9 Å². The van der Waals surface area contributed by atoms with Gasteiger partial charge in [0.15, 0.2) is 11.7 Å². The van der Waals surface area contributed by atoms with E-state index in [4.69, 9.17) is 42.3 Å². The Kier molecular flexibility index (Phi) is 6.89. The topological polar surface area (TPSA) is 253 Å². The molecule has 17 atom stereocenters. The standard InChI is InChI=1S/C37H44O18/c1-14(2)37-53-28-34(46)27(51-17(5)40)29(6)12-33(34,45)30(7,20(29)19(25(43)47-8)49-15(3)38)35(54-37)21(41)24(50-16(4)39)31-13-32(31,36(28,35)55-37)22(42)26(44)52-23(31)18-9-10-48-11-18/h9-11,14,19-24,27-28,41-42,45-46H,12-13H2,1-8H3/t19-,20+,21-,22+,23+,24+,27+,28-,29+,30-,31-,32-,33-,34+,35+,36+,37?/m1/s1. The summed E-state index contributed by atoms with van der Waals surface area (Å²) in [6.07, 6.45) is -11.0. The Morgan fingerprint density at radius 1 is 0.945 bits per heavy atom. The minimum atomic E-state index is -2.72. The summed E-state index contributed by atoms with van der Waals surface area (Å²) in [4.78, 5) is 67.1. The molecule has 18 nitrogen and oxygen atoms in total. The van der Waals surface area contributed by atoms with Gasteiger partial charge < -0.3 is 62.7 Å². The van der Waals surface area contributed by atoms with Gasteiger partial charge in [0, 0.05) is 49.0 Å². The highest BCUT2D eigenvalue weighted by molar-refractivity contribution is 5.82. The van der Waals surface area contributed by atoms with Crippen LogP contribution in [0.25, 0.3) is 0 Å². The lowest BCUT2D eigenvalue weighted by molar-refractivity contribution is -0.480. The average molecular weight is 777 g/mol. The fourth-order valence-electron chi connectivity index (χ4n) is 13.8. The van der Waals surface area contributed by atoms with Gasteiger partial charge in [0.05, 0.1) is 30.5 Å². The SMILES string of the molecule is COC(=O)[C@H](OC(C)=O)[C@H]1[C@]2(C)C[C@]3(O)[C@@](O)([C@H]4OC5(C(C)C)O[C@@]6([C@H](O)[C@H](OC(C)=O)[C@]78C[C@]7([C@@H](O)C(=O)O[C@H]8c7ccoc7)[C@@]46O5)[C@]13C)[C@H]2OC(C)=O. The molecule has 0 radical (unpaired) electrons. The number of ether oxygens (including phenoxy) is 8. The van der Waals surface area contributed by atoms with E-state index in [1.807, 2.05) is 0 Å². The number of methoxy groups -OCH3 is 1. The van der Waals surface area contributed by atoms with E-state index < -0.39 is 141 Å². The molecule has 1 spiro atoms. The maximum absolute atomic E-state index is 14.1. The molecule has 300 valence electrons. The predicted molar refractivity (Wildman–Crippen MR) is 172 cm³/mol. The van der Waals surface area contributed by atoms with Crippen LogP contribution in [0.2, 0.25) is 0 Å². The molecular formula is C37H44O18. The largest absolute Gasteiger partial charge is 0.472 e. The van der Waals surface area contributed by atoms with Crippen LogP contribution in [0.3, 0.4) is 0 Å². The highest BCUT2D eigenvalue weighted by Gasteiger charge is 3.11. The van der Waals surface area contributed by atoms with Gasteiger partial charge in [0.2, 0.25) is 6.10 Å². The fourth-order valence-corrected chi connectivity index (χ4v) is 13.8. The second kappa shape index (κ2) is 10.3. The van der Waals surface area contributed by atoms with E-state index in [-0.39, 0.29) is 12.0 Å². The molecule has 3 saturated heterocycles. The molecule has 4 heterocycles. The monoisotopic (exact) mass is 776 g/mol. The third-order valence-corrected chi connectivity index (χ3v) is 15.2. The van der Waals surface area contributed by atoms with Crippen molar-refractivity contribution < 1.29 is 86.7 Å². The second-order valence-corrected chi connectivity index (χ2v) is 17.5. The Morgan fingerprint density at radius 3 is 2.16 bits per heavy atom. The summed E-state index contributed by atoms with van der Waals surface area (Å²) in [7, 11) is 1.05. The van der Waals surface area contributed by atoms with Crippen molar-refractivity contribution in [3.05, 3.63) is 24.2 Å². The van der Waals surface area contributed by atoms with Crippen molar-refractivity contribution >= 4 is 29.8 Å². The second-order valence-electron chi connectivity index (χ2n) is 17.5. The van der Waals surface area contributed by atoms with Crippen LogP contribution in [0.15, 0.2) is 23.0 Å². The van der Waals surface area contributed by atoms with Crippen LogP contribution >= 0.6 is 0 Å². The number of hydrogen-bond acceptors (Lipinski definition) is 18. The van der Waals surface area contributed by atoms with Crippen molar-refractivity contribution in [2.75, 3.05) is 7.11 Å². The molecule has 5 saturated carbocycles. The number of aliphatic hydroxyl groups excluding tert-OH is 2. The summed E-state index contributed by atoms with van der Waals surface area (Å²) in [6.45, 7) is 9.44. The normalized spacial score (nSPS) is 53.4. The Balaban J connectivity index is 1.44. The van der Waals surface area contributed by atoms with Gasteiger partial charge in [-0.05, 0) is 18.9 Å². The van der Waals surface area contributed by atoms with Gasteiger partial charge >= 0.3 is 29.8 Å². The van der Waals surface area contributed by atoms with E-state index >= 15 is 0 Å². The molecule has 5 aliphatic carbocycles. The first-order valence-electron chi connectivity index (χ1n) is 18.3. The molecule has 8 fully saturated rings. The minimum Gasteiger partial charge on any atom is -0.472 e. The third-order valence-electron chi connectivity index (χ3n) is 15.2. The smallest absolute Gasteiger partial charge is 0.347 e. The maximum Gasteiger partial charge on any atom is 0.347 e. The summed E-state index contributed by atoms with van der Waals surface area (Å²) in [5.74, 6) is -9.57. The summed E-state index contributed by atoms with van der Waals surface area (Å²) >= 11 is 0. The van der Waals surface area contributed by atoms with Crippen LogP contribution in [0.1, 0.15) is 73.0 Å². The first-order chi connectivity index (χ1) is 25.6. The lowest BCUT2D eigenvalue weighted by Gasteiger charge is -2.77. The molecule has 0 aromatic carbocycles. The molecule has 55 heavy (non-hydrogen) atoms. The van der Waals surface area contributed by atoms with Crippen LogP contribution < -0.4 is 0 Å². The zero-order valence-electron chi connectivity index (χ0n) is 31.3. The molecule has 1 unspecified atom stereocenters. The maximum atomic E-state index is 14.1. The number of fused-ring (bicyclic) bond motifs is 3. The molecule has 8 aliphatic rings. The summed E-state index contributed by atoms with van der Waals surface area (Å²) in [5.41, 5.74) is -17.8. The molecule has 3 aliphatic heterocycles. The van der Waals surface area contributed by atoms with Crippen molar-refractivity contribution in [2.45, 2.75) is 132 Å². The number of cyclic esters (lactones) is 1. The fraction of sp³-hybridized carbons (Fsp3) is 0.757. The Hall–Kier alpha value is -3.65. The van der Waals surface area contributed by atoms with Gasteiger partial charge in [0.25, 0.3) is 5.97 Å². The number of furan rings is 1. The van der Waals surface area contributed by atoms with Gasteiger partial charge in [-0.3, -0.25) is 14.4 Å². The Bertz CT molecular complexity index is 1950. The quantitative estimate of drug-likeness (QED) is 0.205. The lowest BCUT2D eigenvalue weighted by atomic mass is 9.33. The third kappa shape index (κ3) is 3.32. The molecule has 4 N–H and O–H groups in total. The van der Waals surface area contributed by atoms with E-state index in [1.165, 1.54) is 32.4 Å². The van der Waals surface area contributed by atoms with Crippen LogP contribution in [-0.4, -0.2) is 122 Å². The summed E-state index contributed by atoms with van der Waals surface area (Å²) in [5, 5.41) is 53.0. The first-order valence-corrected chi connectivity index (χ1v) is 18.3. The molecule has 9 rings (SSSR count). The highest BCUT2D eigenvalue weighted by atomic mass is 17.0. The van der Waals surface area contributed by atoms with E-state index in [9.17, 15) is 44.4 Å². The van der Waals surface area contributed by atoms with Crippen LogP contribution in [0, 0.1) is 33.5 Å². The van der Waals surface area contributed by atoms with Crippen molar-refractivity contribution in [1.82, 2.24) is 0 Å². The molecular weight excluding hydrogens is 732 g/mol. The first kappa shape index (κ1) is 37.0. The van der Waals surface area contributed by atoms with Crippen LogP contribution in [-0.2, 0) is 61.9 Å². The molecule has 18 heteroatoms. The van der Waals surface area contributed by atoms with Crippen LogP contribution in [0.5, 0.6) is 0 Å². The minimum absolute atomic E-state index is 0.270. The Morgan fingerprint density at radius 2 is 1.60 bits per heavy atom. The molecule has 0 amide bonds. The van der Waals surface area contributed by atoms with E-state index in [1.54, 1.807) is 13.8 Å². The number of aliphatic hydroxyl groups is 4. The van der Waals surface area contributed by atoms with Crippen molar-refractivity contribution in [3.8, 4) is 0 Å². The Labute approximate surface area is 313 Å². The van der Waals surface area contributed by atoms with Crippen molar-refractivity contribution in [3.63, 3.8) is 0 Å². The van der Waals surface area contributed by atoms with Crippen molar-refractivity contribution in [2.24, 2.45) is 33.5 Å². The number of rotatable bonds is 7. The zero-order chi connectivity index (χ0) is 40.1. The number of hydrogen-bond donors (Lipinski definition) is 4. The molecule has 1 aromatic heterocycles. The average Bonchev–Trinajstić information content (AvgIpc) is 3.51. The van der Waals surface area contributed by atoms with E-state index in [2.05, 4.69) is 0 Å². The number of esters is 5. The van der Waals surface area contributed by atoms with Crippen LogP contribution in [0.4, 0.5) is 0 Å². The number of carbonyl (C=O) groups excluding carboxylic acids is 5. The van der Waals surface area contributed by atoms with Crippen molar-refractivity contribution in [1.29, 1.82) is 0 Å². The summed E-state index contributed by atoms with van der Waals surface area (Å²) < 4.78 is 55.0. The predicted octanol–water partition coefficient (Wildman–Crippen LogP) is -0.288. The molecule has 1 aromatic rings. The van der Waals surface area contributed by atoms with Gasteiger partial charge in [-0.25, -0.2) is 9.59 Å². The number of carbonyl (C=O) groups is 5.